The fraction of sp³-hybridized carbons (Fsp3) is 0.176. The second-order valence-electron chi connectivity index (χ2n) is 5.36. The van der Waals surface area contributed by atoms with Crippen molar-refractivity contribution >= 4 is 23.1 Å². The summed E-state index contributed by atoms with van der Waals surface area (Å²) in [5, 5.41) is 10.5. The van der Waals surface area contributed by atoms with Gasteiger partial charge in [0.1, 0.15) is 5.82 Å². The summed E-state index contributed by atoms with van der Waals surface area (Å²) in [6, 6.07) is 11.8. The lowest BCUT2D eigenvalue weighted by molar-refractivity contribution is 0.376. The van der Waals surface area contributed by atoms with Gasteiger partial charge in [-0.25, -0.2) is 4.98 Å². The Balaban J connectivity index is 1.59. The number of anilines is 1. The van der Waals surface area contributed by atoms with E-state index >= 15 is 0 Å². The highest BCUT2D eigenvalue weighted by atomic mass is 32.1. The number of rotatable bonds is 4. The molecule has 2 N–H and O–H groups in total. The van der Waals surface area contributed by atoms with E-state index in [2.05, 4.69) is 25.8 Å². The van der Waals surface area contributed by atoms with Crippen LogP contribution >= 0.6 is 12.2 Å². The molecule has 0 bridgehead atoms. The minimum absolute atomic E-state index is 0.344. The summed E-state index contributed by atoms with van der Waals surface area (Å²) in [6.45, 7) is 4.33. The molecule has 0 radical (unpaired) electrons. The Labute approximate surface area is 145 Å². The quantitative estimate of drug-likeness (QED) is 0.707. The zero-order valence-electron chi connectivity index (χ0n) is 13.4. The molecule has 122 valence electrons. The van der Waals surface area contributed by atoms with Crippen LogP contribution in [0.1, 0.15) is 17.0 Å². The normalized spacial score (nSPS) is 10.4. The topological polar surface area (TPSA) is 75.9 Å². The van der Waals surface area contributed by atoms with Crippen molar-refractivity contribution in [3.8, 4) is 11.4 Å². The molecular weight excluding hydrogens is 322 g/mol. The first-order valence-electron chi connectivity index (χ1n) is 7.48. The lowest BCUT2D eigenvalue weighted by atomic mass is 10.1. The molecule has 0 fully saturated rings. The van der Waals surface area contributed by atoms with Gasteiger partial charge in [0.05, 0.1) is 6.54 Å². The molecule has 6 nitrogen and oxygen atoms in total. The Morgan fingerprint density at radius 3 is 2.88 bits per heavy atom. The summed E-state index contributed by atoms with van der Waals surface area (Å²) >= 11 is 5.26. The number of thiocarbonyl (C=S) groups is 1. The monoisotopic (exact) mass is 339 g/mol. The largest absolute Gasteiger partial charge is 0.353 e. The number of nitrogens with zero attached hydrogens (tertiary/aromatic N) is 3. The number of nitrogens with one attached hydrogen (secondary N) is 2. The molecule has 24 heavy (non-hydrogen) atoms. The van der Waals surface area contributed by atoms with Crippen LogP contribution in [0.4, 0.5) is 5.82 Å². The molecular formula is C17H17N5OS. The first-order valence-corrected chi connectivity index (χ1v) is 7.89. The SMILES string of the molecule is Cc1cccc(-c2noc(CNC(=S)Nc3ncccc3C)n2)c1. The summed E-state index contributed by atoms with van der Waals surface area (Å²) in [4.78, 5) is 8.61. The maximum Gasteiger partial charge on any atom is 0.246 e. The average molecular weight is 339 g/mol. The van der Waals surface area contributed by atoms with Crippen molar-refractivity contribution in [1.82, 2.24) is 20.4 Å². The van der Waals surface area contributed by atoms with Crippen LogP contribution in [0.15, 0.2) is 47.1 Å². The lowest BCUT2D eigenvalue weighted by Crippen LogP contribution is -2.28. The van der Waals surface area contributed by atoms with Gasteiger partial charge in [0, 0.05) is 11.8 Å². The Kier molecular flexibility index (Phi) is 4.81. The molecule has 2 aromatic heterocycles. The van der Waals surface area contributed by atoms with Crippen LogP contribution in [0.3, 0.4) is 0 Å². The zero-order chi connectivity index (χ0) is 16.9. The third-order valence-corrected chi connectivity index (χ3v) is 3.63. The molecule has 0 aliphatic rings. The molecule has 0 atom stereocenters. The maximum absolute atomic E-state index is 5.26. The standard InChI is InChI=1S/C17H17N5OS/c1-11-5-3-7-13(9-11)16-20-14(23-22-16)10-19-17(24)21-15-12(2)6-4-8-18-15/h3-9H,10H2,1-2H3,(H2,18,19,21,24). The van der Waals surface area contributed by atoms with Gasteiger partial charge in [0.15, 0.2) is 5.11 Å². The van der Waals surface area contributed by atoms with Crippen molar-refractivity contribution < 1.29 is 4.52 Å². The van der Waals surface area contributed by atoms with Crippen LogP contribution in [0.25, 0.3) is 11.4 Å². The highest BCUT2D eigenvalue weighted by Gasteiger charge is 2.09. The van der Waals surface area contributed by atoms with Crippen molar-refractivity contribution in [2.24, 2.45) is 0 Å². The van der Waals surface area contributed by atoms with Gasteiger partial charge in [-0.1, -0.05) is 35.0 Å². The fourth-order valence-electron chi connectivity index (χ4n) is 2.15. The Bertz CT molecular complexity index is 861. The second kappa shape index (κ2) is 7.18. The smallest absolute Gasteiger partial charge is 0.246 e. The zero-order valence-corrected chi connectivity index (χ0v) is 14.2. The van der Waals surface area contributed by atoms with Crippen LogP contribution in [0, 0.1) is 13.8 Å². The van der Waals surface area contributed by atoms with Crippen molar-refractivity contribution in [2.75, 3.05) is 5.32 Å². The Morgan fingerprint density at radius 2 is 2.08 bits per heavy atom. The van der Waals surface area contributed by atoms with Crippen molar-refractivity contribution in [1.29, 1.82) is 0 Å². The first-order chi connectivity index (χ1) is 11.6. The minimum atomic E-state index is 0.344. The molecule has 1 aromatic carbocycles. The van der Waals surface area contributed by atoms with Crippen LogP contribution < -0.4 is 10.6 Å². The third-order valence-electron chi connectivity index (χ3n) is 3.39. The number of aryl methyl sites for hydroxylation is 2. The predicted molar refractivity (Wildman–Crippen MR) is 96.5 cm³/mol. The lowest BCUT2D eigenvalue weighted by Gasteiger charge is -2.09. The molecule has 3 aromatic rings. The van der Waals surface area contributed by atoms with Crippen LogP contribution in [-0.4, -0.2) is 20.2 Å². The van der Waals surface area contributed by atoms with E-state index in [0.717, 1.165) is 22.5 Å². The highest BCUT2D eigenvalue weighted by molar-refractivity contribution is 7.80. The molecule has 7 heteroatoms. The summed E-state index contributed by atoms with van der Waals surface area (Å²) in [5.74, 6) is 1.75. The molecule has 3 rings (SSSR count). The Morgan fingerprint density at radius 1 is 1.21 bits per heavy atom. The second-order valence-corrected chi connectivity index (χ2v) is 5.77. The minimum Gasteiger partial charge on any atom is -0.353 e. The maximum atomic E-state index is 5.26. The molecule has 0 aliphatic carbocycles. The molecule has 0 amide bonds. The van der Waals surface area contributed by atoms with E-state index in [1.807, 2.05) is 50.2 Å². The van der Waals surface area contributed by atoms with E-state index in [1.165, 1.54) is 0 Å². The van der Waals surface area contributed by atoms with E-state index in [-0.39, 0.29) is 0 Å². The third kappa shape index (κ3) is 3.94. The molecule has 0 saturated carbocycles. The first kappa shape index (κ1) is 16.1. The van der Waals surface area contributed by atoms with Crippen molar-refractivity contribution in [3.63, 3.8) is 0 Å². The molecule has 0 unspecified atom stereocenters. The Hall–Kier alpha value is -2.80. The van der Waals surface area contributed by atoms with E-state index < -0.39 is 0 Å². The van der Waals surface area contributed by atoms with Gasteiger partial charge in [-0.05, 0) is 43.8 Å². The van der Waals surface area contributed by atoms with E-state index in [0.29, 0.717) is 23.4 Å². The molecule has 0 spiro atoms. The van der Waals surface area contributed by atoms with Crippen molar-refractivity contribution in [3.05, 3.63) is 59.6 Å². The average Bonchev–Trinajstić information content (AvgIpc) is 3.04. The van der Waals surface area contributed by atoms with Gasteiger partial charge in [-0.2, -0.15) is 4.98 Å². The summed E-state index contributed by atoms with van der Waals surface area (Å²) < 4.78 is 5.26. The number of benzene rings is 1. The number of pyridine rings is 1. The van der Waals surface area contributed by atoms with Gasteiger partial charge < -0.3 is 15.2 Å². The molecule has 0 aliphatic heterocycles. The predicted octanol–water partition coefficient (Wildman–Crippen LogP) is 3.24. The number of aromatic nitrogens is 3. The van der Waals surface area contributed by atoms with Gasteiger partial charge in [-0.3, -0.25) is 0 Å². The van der Waals surface area contributed by atoms with Gasteiger partial charge in [-0.15, -0.1) is 0 Å². The number of hydrogen-bond donors (Lipinski definition) is 2. The van der Waals surface area contributed by atoms with E-state index in [1.54, 1.807) is 6.20 Å². The van der Waals surface area contributed by atoms with Crippen LogP contribution in [-0.2, 0) is 6.54 Å². The van der Waals surface area contributed by atoms with Crippen molar-refractivity contribution in [2.45, 2.75) is 20.4 Å². The van der Waals surface area contributed by atoms with Gasteiger partial charge in [0.25, 0.3) is 0 Å². The molecule has 0 saturated heterocycles. The summed E-state index contributed by atoms with van der Waals surface area (Å²) in [6.07, 6.45) is 1.71. The summed E-state index contributed by atoms with van der Waals surface area (Å²) in [5.41, 5.74) is 3.09. The van der Waals surface area contributed by atoms with Crippen LogP contribution in [0.5, 0.6) is 0 Å². The summed E-state index contributed by atoms with van der Waals surface area (Å²) in [7, 11) is 0. The van der Waals surface area contributed by atoms with Gasteiger partial charge in [0.2, 0.25) is 11.7 Å². The van der Waals surface area contributed by atoms with E-state index in [9.17, 15) is 0 Å². The number of hydrogen-bond acceptors (Lipinski definition) is 5. The molecule has 2 heterocycles. The highest BCUT2D eigenvalue weighted by Crippen LogP contribution is 2.16. The fourth-order valence-corrected chi connectivity index (χ4v) is 2.32. The van der Waals surface area contributed by atoms with Crippen LogP contribution in [0.2, 0.25) is 0 Å². The van der Waals surface area contributed by atoms with Gasteiger partial charge >= 0.3 is 0 Å². The van der Waals surface area contributed by atoms with E-state index in [4.69, 9.17) is 16.7 Å².